The molecule has 130 valence electrons. The molecule has 2 atom stereocenters. The third-order valence-electron chi connectivity index (χ3n) is 4.16. The summed E-state index contributed by atoms with van der Waals surface area (Å²) in [5.41, 5.74) is 0.174. The summed E-state index contributed by atoms with van der Waals surface area (Å²) < 4.78 is 13.3. The number of carbonyl (C=O) groups excluding carboxylic acids is 2. The van der Waals surface area contributed by atoms with Gasteiger partial charge < -0.3 is 15.3 Å². The molecule has 1 saturated heterocycles. The van der Waals surface area contributed by atoms with Crippen LogP contribution in [0.2, 0.25) is 0 Å². The van der Waals surface area contributed by atoms with Crippen LogP contribution >= 0.6 is 0 Å². The molecule has 1 fully saturated rings. The predicted molar refractivity (Wildman–Crippen MR) is 84.5 cm³/mol. The molecule has 1 heterocycles. The highest BCUT2D eigenvalue weighted by molar-refractivity contribution is 5.86. The quantitative estimate of drug-likeness (QED) is 0.857. The summed E-state index contributed by atoms with van der Waals surface area (Å²) >= 11 is 0. The van der Waals surface area contributed by atoms with Gasteiger partial charge in [-0.1, -0.05) is 19.1 Å². The van der Waals surface area contributed by atoms with E-state index in [4.69, 9.17) is 0 Å². The minimum absolute atomic E-state index is 0.0209. The maximum atomic E-state index is 13.3. The summed E-state index contributed by atoms with van der Waals surface area (Å²) in [5.74, 6) is -2.73. The standard InChI is InChI=1S/C17H21FN2O4/c1-2-14(21)20-8-4-6-12(10-20)16(22)19-15(17(23)24)11-5-3-7-13(18)9-11/h3,5,7,9,12,15H,2,4,6,8,10H2,1H3,(H,19,22)(H,23,24). The van der Waals surface area contributed by atoms with Crippen LogP contribution < -0.4 is 5.32 Å². The molecule has 0 aromatic heterocycles. The van der Waals surface area contributed by atoms with Crippen molar-refractivity contribution in [2.45, 2.75) is 32.2 Å². The Labute approximate surface area is 139 Å². The van der Waals surface area contributed by atoms with E-state index >= 15 is 0 Å². The summed E-state index contributed by atoms with van der Waals surface area (Å²) in [7, 11) is 0. The number of nitrogens with one attached hydrogen (secondary N) is 1. The molecule has 0 radical (unpaired) electrons. The molecule has 6 nitrogen and oxygen atoms in total. The highest BCUT2D eigenvalue weighted by Crippen LogP contribution is 2.20. The van der Waals surface area contributed by atoms with Crippen LogP contribution in [0, 0.1) is 11.7 Å². The van der Waals surface area contributed by atoms with Crippen LogP contribution in [-0.4, -0.2) is 40.9 Å². The van der Waals surface area contributed by atoms with Crippen molar-refractivity contribution in [3.63, 3.8) is 0 Å². The van der Waals surface area contributed by atoms with Gasteiger partial charge in [0.15, 0.2) is 6.04 Å². The molecule has 2 amide bonds. The van der Waals surface area contributed by atoms with Crippen LogP contribution in [0.5, 0.6) is 0 Å². The Morgan fingerprint density at radius 3 is 2.79 bits per heavy atom. The maximum absolute atomic E-state index is 13.3. The fourth-order valence-electron chi connectivity index (χ4n) is 2.88. The smallest absolute Gasteiger partial charge is 0.330 e. The zero-order chi connectivity index (χ0) is 17.7. The highest BCUT2D eigenvalue weighted by Gasteiger charge is 2.31. The zero-order valence-electron chi connectivity index (χ0n) is 13.5. The zero-order valence-corrected chi connectivity index (χ0v) is 13.5. The minimum atomic E-state index is -1.31. The molecule has 2 N–H and O–H groups in total. The van der Waals surface area contributed by atoms with Crippen LogP contribution in [0.4, 0.5) is 4.39 Å². The first kappa shape index (κ1) is 17.9. The second-order valence-corrected chi connectivity index (χ2v) is 5.87. The fraction of sp³-hybridized carbons (Fsp3) is 0.471. The predicted octanol–water partition coefficient (Wildman–Crippen LogP) is 1.72. The number of hydrogen-bond donors (Lipinski definition) is 2. The number of carbonyl (C=O) groups is 3. The number of carboxylic acid groups (broad SMARTS) is 1. The van der Waals surface area contributed by atoms with E-state index in [1.165, 1.54) is 18.2 Å². The van der Waals surface area contributed by atoms with Gasteiger partial charge in [0.05, 0.1) is 5.92 Å². The molecule has 0 aliphatic carbocycles. The third kappa shape index (κ3) is 4.31. The number of halogens is 1. The van der Waals surface area contributed by atoms with Gasteiger partial charge in [-0.15, -0.1) is 0 Å². The molecule has 0 bridgehead atoms. The second kappa shape index (κ2) is 7.90. The van der Waals surface area contributed by atoms with E-state index in [1.54, 1.807) is 11.8 Å². The van der Waals surface area contributed by atoms with E-state index in [2.05, 4.69) is 5.32 Å². The van der Waals surface area contributed by atoms with E-state index in [1.807, 2.05) is 0 Å². The Morgan fingerprint density at radius 1 is 1.42 bits per heavy atom. The van der Waals surface area contributed by atoms with Crippen molar-refractivity contribution in [2.75, 3.05) is 13.1 Å². The van der Waals surface area contributed by atoms with Crippen LogP contribution in [0.3, 0.4) is 0 Å². The van der Waals surface area contributed by atoms with Crippen LogP contribution in [0.25, 0.3) is 0 Å². The van der Waals surface area contributed by atoms with Gasteiger partial charge in [-0.2, -0.15) is 0 Å². The van der Waals surface area contributed by atoms with Crippen LogP contribution in [0.15, 0.2) is 24.3 Å². The number of amides is 2. The second-order valence-electron chi connectivity index (χ2n) is 5.87. The van der Waals surface area contributed by atoms with Crippen molar-refractivity contribution in [2.24, 2.45) is 5.92 Å². The summed E-state index contributed by atoms with van der Waals surface area (Å²) in [5, 5.41) is 11.8. The molecular weight excluding hydrogens is 315 g/mol. The molecule has 2 rings (SSSR count). The lowest BCUT2D eigenvalue weighted by Gasteiger charge is -2.32. The Kier molecular flexibility index (Phi) is 5.89. The summed E-state index contributed by atoms with van der Waals surface area (Å²) in [6, 6.07) is 3.84. The lowest BCUT2D eigenvalue weighted by Crippen LogP contribution is -2.46. The Morgan fingerprint density at radius 2 is 2.17 bits per heavy atom. The monoisotopic (exact) mass is 336 g/mol. The fourth-order valence-corrected chi connectivity index (χ4v) is 2.88. The van der Waals surface area contributed by atoms with Gasteiger partial charge in [0, 0.05) is 19.5 Å². The van der Waals surface area contributed by atoms with Crippen molar-refractivity contribution in [1.29, 1.82) is 0 Å². The average Bonchev–Trinajstić information content (AvgIpc) is 2.58. The molecule has 24 heavy (non-hydrogen) atoms. The number of rotatable bonds is 5. The van der Waals surface area contributed by atoms with Crippen molar-refractivity contribution < 1.29 is 23.9 Å². The lowest BCUT2D eigenvalue weighted by atomic mass is 9.96. The first-order valence-electron chi connectivity index (χ1n) is 7.98. The van der Waals surface area contributed by atoms with Gasteiger partial charge in [0.25, 0.3) is 0 Å². The third-order valence-corrected chi connectivity index (χ3v) is 4.16. The lowest BCUT2D eigenvalue weighted by molar-refractivity contribution is -0.144. The summed E-state index contributed by atoms with van der Waals surface area (Å²) in [6.07, 6.45) is 1.66. The van der Waals surface area contributed by atoms with Crippen LogP contribution in [0.1, 0.15) is 37.8 Å². The number of benzene rings is 1. The molecule has 0 saturated carbocycles. The van der Waals surface area contributed by atoms with Gasteiger partial charge in [-0.05, 0) is 30.5 Å². The Bertz CT molecular complexity index is 635. The topological polar surface area (TPSA) is 86.7 Å². The van der Waals surface area contributed by atoms with Gasteiger partial charge in [0.1, 0.15) is 5.82 Å². The molecular formula is C17H21FN2O4. The number of piperidine rings is 1. The number of nitrogens with zero attached hydrogens (tertiary/aromatic N) is 1. The number of aliphatic carboxylic acids is 1. The van der Waals surface area contributed by atoms with E-state index in [0.717, 1.165) is 6.07 Å². The molecule has 2 unspecified atom stereocenters. The molecule has 1 aromatic carbocycles. The largest absolute Gasteiger partial charge is 0.479 e. The van der Waals surface area contributed by atoms with Crippen molar-refractivity contribution in [3.05, 3.63) is 35.6 Å². The van der Waals surface area contributed by atoms with E-state index in [-0.39, 0.29) is 18.0 Å². The van der Waals surface area contributed by atoms with Crippen LogP contribution in [-0.2, 0) is 14.4 Å². The van der Waals surface area contributed by atoms with Crippen molar-refractivity contribution in [3.8, 4) is 0 Å². The van der Waals surface area contributed by atoms with E-state index < -0.39 is 29.7 Å². The maximum Gasteiger partial charge on any atom is 0.330 e. The van der Waals surface area contributed by atoms with Gasteiger partial charge in [-0.3, -0.25) is 9.59 Å². The Balaban J connectivity index is 2.08. The molecule has 1 aromatic rings. The first-order chi connectivity index (χ1) is 11.4. The van der Waals surface area contributed by atoms with Crippen molar-refractivity contribution >= 4 is 17.8 Å². The molecule has 1 aliphatic rings. The number of hydrogen-bond acceptors (Lipinski definition) is 3. The first-order valence-corrected chi connectivity index (χ1v) is 7.98. The summed E-state index contributed by atoms with van der Waals surface area (Å²) in [4.78, 5) is 37.3. The molecule has 0 spiro atoms. The van der Waals surface area contributed by atoms with Crippen molar-refractivity contribution in [1.82, 2.24) is 10.2 Å². The van der Waals surface area contributed by atoms with E-state index in [0.29, 0.717) is 25.8 Å². The average molecular weight is 336 g/mol. The normalized spacial score (nSPS) is 18.8. The highest BCUT2D eigenvalue weighted by atomic mass is 19.1. The van der Waals surface area contributed by atoms with E-state index in [9.17, 15) is 23.9 Å². The van der Waals surface area contributed by atoms with Gasteiger partial charge >= 0.3 is 5.97 Å². The van der Waals surface area contributed by atoms with Gasteiger partial charge in [-0.25, -0.2) is 9.18 Å². The number of likely N-dealkylation sites (tertiary alicyclic amines) is 1. The SMILES string of the molecule is CCC(=O)N1CCCC(C(=O)NC(C(=O)O)c2cccc(F)c2)C1. The minimum Gasteiger partial charge on any atom is -0.479 e. The molecule has 7 heteroatoms. The Hall–Kier alpha value is -2.44. The summed E-state index contributed by atoms with van der Waals surface area (Å²) in [6.45, 7) is 2.66. The number of carboxylic acids is 1. The molecule has 1 aliphatic heterocycles. The van der Waals surface area contributed by atoms with Gasteiger partial charge in [0.2, 0.25) is 11.8 Å².